The quantitative estimate of drug-likeness (QED) is 0.137. The lowest BCUT2D eigenvalue weighted by Gasteiger charge is -2.19. The third-order valence-electron chi connectivity index (χ3n) is 6.95. The summed E-state index contributed by atoms with van der Waals surface area (Å²) in [6.45, 7) is -0.00712. The molecule has 0 amide bonds. The molecule has 0 aliphatic carbocycles. The SMILES string of the molecule is Nc1ncnc2c1nc(-c1ccccc1)n2[C@@H]1O[C@H](Cn2cc(COC[C@H]3OC(O)[C@H](O)[C@@H]3O)nn2)[C@@H](O)[C@H]1O. The first-order valence-corrected chi connectivity index (χ1v) is 12.5. The van der Waals surface area contributed by atoms with E-state index in [0.717, 1.165) is 5.56 Å². The molecule has 16 heteroatoms. The maximum absolute atomic E-state index is 11.0. The second-order valence-electron chi connectivity index (χ2n) is 9.64. The fraction of sp³-hybridized carbons (Fsp3) is 0.458. The fourth-order valence-corrected chi connectivity index (χ4v) is 4.88. The van der Waals surface area contributed by atoms with Crippen LogP contribution < -0.4 is 5.73 Å². The van der Waals surface area contributed by atoms with Crippen molar-refractivity contribution in [1.29, 1.82) is 0 Å². The van der Waals surface area contributed by atoms with Crippen LogP contribution in [0.4, 0.5) is 5.82 Å². The Morgan fingerprint density at radius 1 is 0.925 bits per heavy atom. The summed E-state index contributed by atoms with van der Waals surface area (Å²) in [5, 5.41) is 58.9. The molecule has 0 spiro atoms. The van der Waals surface area contributed by atoms with Crippen LogP contribution in [0.25, 0.3) is 22.6 Å². The molecule has 212 valence electrons. The second kappa shape index (κ2) is 10.8. The lowest BCUT2D eigenvalue weighted by Crippen LogP contribution is -2.34. The number of benzene rings is 1. The fourth-order valence-electron chi connectivity index (χ4n) is 4.88. The summed E-state index contributed by atoms with van der Waals surface area (Å²) in [5.41, 5.74) is 7.91. The minimum Gasteiger partial charge on any atom is -0.387 e. The summed E-state index contributed by atoms with van der Waals surface area (Å²) in [6.07, 6.45) is -6.65. The first-order valence-electron chi connectivity index (χ1n) is 12.5. The number of rotatable bonds is 8. The number of nitrogens with two attached hydrogens (primary N) is 1. The van der Waals surface area contributed by atoms with E-state index >= 15 is 0 Å². The number of nitrogen functional groups attached to an aromatic ring is 1. The van der Waals surface area contributed by atoms with Crippen LogP contribution in [-0.2, 0) is 27.4 Å². The van der Waals surface area contributed by atoms with Gasteiger partial charge in [-0.25, -0.2) is 19.6 Å². The van der Waals surface area contributed by atoms with Gasteiger partial charge in [0.15, 0.2) is 29.5 Å². The number of aromatic nitrogens is 7. The van der Waals surface area contributed by atoms with E-state index in [-0.39, 0.29) is 25.6 Å². The largest absolute Gasteiger partial charge is 0.387 e. The monoisotopic (exact) mass is 556 g/mol. The van der Waals surface area contributed by atoms with Gasteiger partial charge in [0, 0.05) is 5.56 Å². The first-order chi connectivity index (χ1) is 19.3. The van der Waals surface area contributed by atoms with E-state index in [1.807, 2.05) is 30.3 Å². The molecular weight excluding hydrogens is 528 g/mol. The number of hydrogen-bond acceptors (Lipinski definition) is 14. The zero-order valence-electron chi connectivity index (χ0n) is 21.0. The molecule has 4 aromatic rings. The lowest BCUT2D eigenvalue weighted by molar-refractivity contribution is -0.137. The van der Waals surface area contributed by atoms with Crippen LogP contribution >= 0.6 is 0 Å². The van der Waals surface area contributed by atoms with Gasteiger partial charge in [-0.05, 0) is 0 Å². The minimum atomic E-state index is -1.48. The first kappa shape index (κ1) is 26.6. The normalized spacial score (nSPS) is 30.4. The van der Waals surface area contributed by atoms with Gasteiger partial charge in [-0.1, -0.05) is 35.5 Å². The summed E-state index contributed by atoms with van der Waals surface area (Å²) in [4.78, 5) is 12.9. The smallest absolute Gasteiger partial charge is 0.184 e. The molecule has 1 aromatic carbocycles. The van der Waals surface area contributed by atoms with E-state index in [9.17, 15) is 25.5 Å². The Morgan fingerprint density at radius 2 is 1.70 bits per heavy atom. The highest BCUT2D eigenvalue weighted by atomic mass is 16.7. The second-order valence-corrected chi connectivity index (χ2v) is 9.64. The predicted molar refractivity (Wildman–Crippen MR) is 134 cm³/mol. The average Bonchev–Trinajstić information content (AvgIpc) is 3.69. The predicted octanol–water partition coefficient (Wildman–Crippen LogP) is -2.06. The molecule has 2 saturated heterocycles. The van der Waals surface area contributed by atoms with Crippen LogP contribution in [0.5, 0.6) is 0 Å². The van der Waals surface area contributed by atoms with Gasteiger partial charge < -0.3 is 45.5 Å². The number of aliphatic hydroxyl groups is 5. The minimum absolute atomic E-state index is 0.0146. The number of ether oxygens (including phenoxy) is 3. The van der Waals surface area contributed by atoms with Crippen molar-refractivity contribution in [3.05, 3.63) is 48.5 Å². The van der Waals surface area contributed by atoms with Gasteiger partial charge in [-0.15, -0.1) is 5.10 Å². The number of aliphatic hydroxyl groups excluding tert-OH is 5. The number of hydrogen-bond donors (Lipinski definition) is 6. The Balaban J connectivity index is 1.16. The van der Waals surface area contributed by atoms with Crippen molar-refractivity contribution >= 4 is 17.0 Å². The zero-order valence-corrected chi connectivity index (χ0v) is 21.0. The van der Waals surface area contributed by atoms with Crippen LogP contribution in [0.3, 0.4) is 0 Å². The summed E-state index contributed by atoms with van der Waals surface area (Å²) in [7, 11) is 0. The van der Waals surface area contributed by atoms with Crippen LogP contribution in [0.2, 0.25) is 0 Å². The van der Waals surface area contributed by atoms with Crippen LogP contribution in [-0.4, -0.2) is 110 Å². The van der Waals surface area contributed by atoms with Crippen molar-refractivity contribution < 1.29 is 39.7 Å². The van der Waals surface area contributed by atoms with Crippen molar-refractivity contribution in [2.24, 2.45) is 0 Å². The summed E-state index contributed by atoms with van der Waals surface area (Å²) in [5.74, 6) is 0.612. The molecule has 0 saturated carbocycles. The van der Waals surface area contributed by atoms with Crippen LogP contribution in [0.15, 0.2) is 42.9 Å². The topological polar surface area (TPSA) is 229 Å². The molecular formula is C24H28N8O8. The van der Waals surface area contributed by atoms with E-state index in [2.05, 4.69) is 25.3 Å². The van der Waals surface area contributed by atoms with Gasteiger partial charge in [0.05, 0.1) is 26.0 Å². The Kier molecular flexibility index (Phi) is 7.15. The van der Waals surface area contributed by atoms with Gasteiger partial charge in [0.25, 0.3) is 0 Å². The Labute approximate surface area is 226 Å². The molecule has 8 atom stereocenters. The van der Waals surface area contributed by atoms with Gasteiger partial charge >= 0.3 is 0 Å². The van der Waals surface area contributed by atoms with Gasteiger partial charge in [-0.2, -0.15) is 0 Å². The molecule has 1 unspecified atom stereocenters. The molecule has 2 fully saturated rings. The summed E-state index contributed by atoms with van der Waals surface area (Å²) in [6, 6.07) is 9.25. The molecule has 2 aliphatic rings. The average molecular weight is 557 g/mol. The highest BCUT2D eigenvalue weighted by molar-refractivity contribution is 5.85. The molecule has 6 rings (SSSR count). The maximum Gasteiger partial charge on any atom is 0.184 e. The molecule has 0 radical (unpaired) electrons. The van der Waals surface area contributed by atoms with Crippen LogP contribution in [0, 0.1) is 0 Å². The highest BCUT2D eigenvalue weighted by Gasteiger charge is 2.46. The number of anilines is 1. The number of fused-ring (bicyclic) bond motifs is 1. The van der Waals surface area contributed by atoms with E-state index in [1.165, 1.54) is 11.0 Å². The summed E-state index contributed by atoms with van der Waals surface area (Å²) < 4.78 is 19.7. The van der Waals surface area contributed by atoms with Crippen molar-refractivity contribution in [1.82, 2.24) is 34.5 Å². The number of imidazole rings is 1. The summed E-state index contributed by atoms with van der Waals surface area (Å²) >= 11 is 0. The molecule has 7 N–H and O–H groups in total. The lowest BCUT2D eigenvalue weighted by atomic mass is 10.1. The van der Waals surface area contributed by atoms with Gasteiger partial charge in [0.1, 0.15) is 54.5 Å². The Bertz CT molecular complexity index is 1470. The van der Waals surface area contributed by atoms with Crippen molar-refractivity contribution in [2.45, 2.75) is 62.3 Å². The van der Waals surface area contributed by atoms with Crippen molar-refractivity contribution in [3.8, 4) is 11.4 Å². The van der Waals surface area contributed by atoms with Gasteiger partial charge in [-0.3, -0.25) is 4.57 Å². The van der Waals surface area contributed by atoms with Crippen molar-refractivity contribution in [2.75, 3.05) is 12.3 Å². The Hall–Kier alpha value is -3.61. The highest BCUT2D eigenvalue weighted by Crippen LogP contribution is 2.37. The molecule has 2 aliphatic heterocycles. The van der Waals surface area contributed by atoms with E-state index in [4.69, 9.17) is 19.9 Å². The van der Waals surface area contributed by atoms with Crippen LogP contribution in [0.1, 0.15) is 11.9 Å². The zero-order chi connectivity index (χ0) is 28.0. The van der Waals surface area contributed by atoms with Gasteiger partial charge in [0.2, 0.25) is 0 Å². The standard InChI is InChI=1S/C24H28N8O8/c25-20-15-22(27-10-26-20)32(21(28-15)11-4-2-1-3-5-11)23-18(35)16(33)13(39-23)7-31-6-12(29-30-31)8-38-9-14-17(34)19(36)24(37)40-14/h1-6,10,13-14,16-19,23-24,33-37H,7-9H2,(H2,25,26,27)/t13-,14-,16-,17-,18-,19-,23-,24?/m1/s1. The number of nitrogens with zero attached hydrogens (tertiary/aromatic N) is 7. The molecule has 16 nitrogen and oxygen atoms in total. The third-order valence-corrected chi connectivity index (χ3v) is 6.95. The van der Waals surface area contributed by atoms with Crippen molar-refractivity contribution in [3.63, 3.8) is 0 Å². The van der Waals surface area contributed by atoms with E-state index in [0.29, 0.717) is 22.7 Å². The van der Waals surface area contributed by atoms with E-state index in [1.54, 1.807) is 10.8 Å². The van der Waals surface area contributed by atoms with E-state index < -0.39 is 49.1 Å². The molecule has 0 bridgehead atoms. The maximum atomic E-state index is 11.0. The molecule has 3 aromatic heterocycles. The Morgan fingerprint density at radius 3 is 2.45 bits per heavy atom. The molecule has 5 heterocycles. The third kappa shape index (κ3) is 4.80. The molecule has 40 heavy (non-hydrogen) atoms.